The molecule has 1 rings (SSSR count). The minimum atomic E-state index is -0.0251. The third-order valence-electron chi connectivity index (χ3n) is 1.63. The van der Waals surface area contributed by atoms with Crippen LogP contribution in [0.15, 0.2) is 17.5 Å². The second-order valence-corrected chi connectivity index (χ2v) is 4.28. The number of hydrogen-bond acceptors (Lipinski definition) is 3. The molecule has 1 amide bonds. The van der Waals surface area contributed by atoms with Crippen molar-refractivity contribution < 1.29 is 4.79 Å². The molecule has 1 aromatic rings. The van der Waals surface area contributed by atoms with E-state index in [1.54, 1.807) is 6.07 Å². The molecule has 0 fully saturated rings. The number of hydrogen-bond donors (Lipinski definition) is 2. The predicted octanol–water partition coefficient (Wildman–Crippen LogP) is 1.54. The smallest absolute Gasteiger partial charge is 0.261 e. The van der Waals surface area contributed by atoms with E-state index in [2.05, 4.69) is 5.32 Å². The van der Waals surface area contributed by atoms with Crippen LogP contribution in [0.3, 0.4) is 0 Å². The molecule has 5 heteroatoms. The summed E-state index contributed by atoms with van der Waals surface area (Å²) < 4.78 is 0. The molecule has 0 aliphatic rings. The maximum absolute atomic E-state index is 11.4. The highest BCUT2D eigenvalue weighted by Crippen LogP contribution is 2.07. The monoisotopic (exact) mass is 228 g/mol. The van der Waals surface area contributed by atoms with E-state index in [1.165, 1.54) is 11.3 Å². The summed E-state index contributed by atoms with van der Waals surface area (Å²) in [6, 6.07) is 3.65. The van der Waals surface area contributed by atoms with Crippen LogP contribution in [0.5, 0.6) is 0 Å². The number of thiocarbonyl (C=S) groups is 1. The number of carbonyl (C=O) groups excluding carboxylic acids is 1. The van der Waals surface area contributed by atoms with Crippen molar-refractivity contribution in [1.29, 1.82) is 0 Å². The third kappa shape index (κ3) is 3.85. The lowest BCUT2D eigenvalue weighted by molar-refractivity contribution is 0.0957. The molecule has 0 aliphatic heterocycles. The number of nitrogens with one attached hydrogen (secondary N) is 1. The van der Waals surface area contributed by atoms with Crippen molar-refractivity contribution >= 4 is 34.5 Å². The zero-order chi connectivity index (χ0) is 10.4. The quantitative estimate of drug-likeness (QED) is 0.594. The van der Waals surface area contributed by atoms with Gasteiger partial charge in [0, 0.05) is 6.54 Å². The molecule has 0 bridgehead atoms. The molecule has 1 aromatic heterocycles. The minimum absolute atomic E-state index is 0.0251. The largest absolute Gasteiger partial charge is 0.393 e. The normalized spacial score (nSPS) is 9.71. The lowest BCUT2D eigenvalue weighted by Gasteiger charge is -2.02. The van der Waals surface area contributed by atoms with Gasteiger partial charge in [-0.05, 0) is 24.3 Å². The summed E-state index contributed by atoms with van der Waals surface area (Å²) in [5, 5.41) is 4.68. The van der Waals surface area contributed by atoms with Gasteiger partial charge in [0.1, 0.15) is 0 Å². The molecule has 0 aromatic carbocycles. The van der Waals surface area contributed by atoms with Crippen LogP contribution in [0.1, 0.15) is 22.5 Å². The van der Waals surface area contributed by atoms with Crippen LogP contribution in [0, 0.1) is 0 Å². The Morgan fingerprint density at radius 2 is 2.43 bits per heavy atom. The molecule has 0 unspecified atom stereocenters. The first-order chi connectivity index (χ1) is 6.70. The van der Waals surface area contributed by atoms with Crippen LogP contribution in [-0.4, -0.2) is 17.4 Å². The summed E-state index contributed by atoms with van der Waals surface area (Å²) in [7, 11) is 0. The van der Waals surface area contributed by atoms with Crippen molar-refractivity contribution in [3.63, 3.8) is 0 Å². The summed E-state index contributed by atoms with van der Waals surface area (Å²) >= 11 is 6.15. The van der Waals surface area contributed by atoms with Gasteiger partial charge in [-0.15, -0.1) is 11.3 Å². The highest BCUT2D eigenvalue weighted by Gasteiger charge is 2.04. The van der Waals surface area contributed by atoms with Crippen LogP contribution in [0.4, 0.5) is 0 Å². The standard InChI is InChI=1S/C9H12N2OS2/c10-8(13)4-1-5-11-9(12)7-3-2-6-14-7/h2-3,6H,1,4-5H2,(H2,10,13)(H,11,12). The zero-order valence-electron chi connectivity index (χ0n) is 7.66. The summed E-state index contributed by atoms with van der Waals surface area (Å²) in [6.45, 7) is 0.619. The molecule has 76 valence electrons. The number of rotatable bonds is 5. The molecular formula is C9H12N2OS2. The highest BCUT2D eigenvalue weighted by atomic mass is 32.1. The van der Waals surface area contributed by atoms with Gasteiger partial charge in [0.25, 0.3) is 5.91 Å². The summed E-state index contributed by atoms with van der Waals surface area (Å²) in [4.78, 5) is 12.6. The first-order valence-electron chi connectivity index (χ1n) is 4.30. The van der Waals surface area contributed by atoms with E-state index < -0.39 is 0 Å². The topological polar surface area (TPSA) is 55.1 Å². The summed E-state index contributed by atoms with van der Waals surface area (Å²) in [6.07, 6.45) is 1.48. The average Bonchev–Trinajstić information content (AvgIpc) is 2.64. The van der Waals surface area contributed by atoms with Crippen molar-refractivity contribution in [2.75, 3.05) is 6.54 Å². The zero-order valence-corrected chi connectivity index (χ0v) is 9.29. The molecule has 1 heterocycles. The van der Waals surface area contributed by atoms with Gasteiger partial charge in [-0.2, -0.15) is 0 Å². The Morgan fingerprint density at radius 1 is 1.64 bits per heavy atom. The van der Waals surface area contributed by atoms with Gasteiger partial charge >= 0.3 is 0 Å². The molecule has 0 aliphatic carbocycles. The van der Waals surface area contributed by atoms with Gasteiger partial charge in [-0.3, -0.25) is 4.79 Å². The van der Waals surface area contributed by atoms with E-state index in [0.717, 1.165) is 11.3 Å². The molecule has 0 saturated carbocycles. The Kier molecular flexibility index (Phi) is 4.55. The van der Waals surface area contributed by atoms with Crippen molar-refractivity contribution in [2.24, 2.45) is 5.73 Å². The van der Waals surface area contributed by atoms with E-state index in [4.69, 9.17) is 18.0 Å². The summed E-state index contributed by atoms with van der Waals surface area (Å²) in [5.41, 5.74) is 5.32. The first kappa shape index (κ1) is 11.1. The average molecular weight is 228 g/mol. The van der Waals surface area contributed by atoms with Crippen molar-refractivity contribution in [3.05, 3.63) is 22.4 Å². The van der Waals surface area contributed by atoms with Gasteiger partial charge < -0.3 is 11.1 Å². The molecule has 0 radical (unpaired) electrons. The van der Waals surface area contributed by atoms with Gasteiger partial charge in [-0.25, -0.2) is 0 Å². The van der Waals surface area contributed by atoms with E-state index >= 15 is 0 Å². The Hall–Kier alpha value is -0.940. The Labute approximate surface area is 92.3 Å². The molecule has 0 atom stereocenters. The number of carbonyl (C=O) groups is 1. The van der Waals surface area contributed by atoms with Crippen LogP contribution in [0.25, 0.3) is 0 Å². The fourth-order valence-corrected chi connectivity index (χ4v) is 1.74. The fourth-order valence-electron chi connectivity index (χ4n) is 0.959. The number of amides is 1. The maximum Gasteiger partial charge on any atom is 0.261 e. The van der Waals surface area contributed by atoms with Crippen LogP contribution >= 0.6 is 23.6 Å². The molecule has 3 nitrogen and oxygen atoms in total. The Balaban J connectivity index is 2.19. The third-order valence-corrected chi connectivity index (χ3v) is 2.70. The SMILES string of the molecule is NC(=S)CCCNC(=O)c1cccs1. The Morgan fingerprint density at radius 3 is 3.00 bits per heavy atom. The van der Waals surface area contributed by atoms with Gasteiger partial charge in [0.05, 0.1) is 9.87 Å². The second-order valence-electron chi connectivity index (χ2n) is 2.80. The minimum Gasteiger partial charge on any atom is -0.393 e. The van der Waals surface area contributed by atoms with E-state index in [-0.39, 0.29) is 5.91 Å². The fraction of sp³-hybridized carbons (Fsp3) is 0.333. The molecule has 0 saturated heterocycles. The van der Waals surface area contributed by atoms with Gasteiger partial charge in [0.15, 0.2) is 0 Å². The summed E-state index contributed by atoms with van der Waals surface area (Å²) in [5.74, 6) is -0.0251. The van der Waals surface area contributed by atoms with Crippen molar-refractivity contribution in [2.45, 2.75) is 12.8 Å². The number of nitrogens with two attached hydrogens (primary N) is 1. The van der Waals surface area contributed by atoms with E-state index in [1.807, 2.05) is 11.4 Å². The highest BCUT2D eigenvalue weighted by molar-refractivity contribution is 7.80. The second kappa shape index (κ2) is 5.72. The van der Waals surface area contributed by atoms with Crippen molar-refractivity contribution in [3.8, 4) is 0 Å². The lowest BCUT2D eigenvalue weighted by atomic mass is 10.3. The lowest BCUT2D eigenvalue weighted by Crippen LogP contribution is -2.24. The maximum atomic E-state index is 11.4. The Bertz CT molecular complexity index is 309. The molecule has 14 heavy (non-hydrogen) atoms. The molecule has 0 spiro atoms. The van der Waals surface area contributed by atoms with Gasteiger partial charge in [0.2, 0.25) is 0 Å². The van der Waals surface area contributed by atoms with E-state index in [9.17, 15) is 4.79 Å². The van der Waals surface area contributed by atoms with Crippen LogP contribution in [0.2, 0.25) is 0 Å². The molecule has 3 N–H and O–H groups in total. The van der Waals surface area contributed by atoms with Crippen LogP contribution < -0.4 is 11.1 Å². The predicted molar refractivity (Wildman–Crippen MR) is 62.7 cm³/mol. The van der Waals surface area contributed by atoms with Crippen LogP contribution in [-0.2, 0) is 0 Å². The molecular weight excluding hydrogens is 216 g/mol. The van der Waals surface area contributed by atoms with Gasteiger partial charge in [-0.1, -0.05) is 18.3 Å². The number of thiophene rings is 1. The first-order valence-corrected chi connectivity index (χ1v) is 5.59. The van der Waals surface area contributed by atoms with Crippen molar-refractivity contribution in [1.82, 2.24) is 5.32 Å². The van der Waals surface area contributed by atoms with E-state index in [0.29, 0.717) is 18.0 Å².